The van der Waals surface area contributed by atoms with Crippen molar-refractivity contribution < 1.29 is 4.39 Å². The van der Waals surface area contributed by atoms with Crippen molar-refractivity contribution in [3.63, 3.8) is 0 Å². The molecule has 0 bridgehead atoms. The average molecular weight is 439 g/mol. The highest BCUT2D eigenvalue weighted by Gasteiger charge is 2.22. The molecule has 0 amide bonds. The standard InChI is InChI=1S/C32H35F/c1-3-5-7-24-9-11-26(12-10-24)15-18-28-19-20-30-23-29(21-22-31(30)32(28)33)27-16-13-25(14-17-27)8-6-4-2/h4,9-12,19-23,25,27H,2-3,5-8,13-14,16-17H2,1H3. The Morgan fingerprint density at radius 1 is 0.970 bits per heavy atom. The molecule has 0 saturated heterocycles. The van der Waals surface area contributed by atoms with Crippen molar-refractivity contribution in [2.24, 2.45) is 5.92 Å². The number of benzene rings is 3. The molecule has 1 aliphatic carbocycles. The predicted molar refractivity (Wildman–Crippen MR) is 139 cm³/mol. The number of hydrogen-bond donors (Lipinski definition) is 0. The molecule has 1 heteroatoms. The van der Waals surface area contributed by atoms with Crippen molar-refractivity contribution in [3.05, 3.63) is 95.3 Å². The lowest BCUT2D eigenvalue weighted by atomic mass is 9.77. The van der Waals surface area contributed by atoms with Gasteiger partial charge in [-0.3, -0.25) is 0 Å². The molecule has 0 atom stereocenters. The summed E-state index contributed by atoms with van der Waals surface area (Å²) in [6.07, 6.45) is 13.0. The summed E-state index contributed by atoms with van der Waals surface area (Å²) in [5, 5.41) is 1.64. The van der Waals surface area contributed by atoms with E-state index in [9.17, 15) is 0 Å². The summed E-state index contributed by atoms with van der Waals surface area (Å²) in [4.78, 5) is 0. The number of halogens is 1. The Morgan fingerprint density at radius 3 is 2.48 bits per heavy atom. The lowest BCUT2D eigenvalue weighted by Crippen LogP contribution is -2.13. The summed E-state index contributed by atoms with van der Waals surface area (Å²) in [6.45, 7) is 6.05. The van der Waals surface area contributed by atoms with Gasteiger partial charge >= 0.3 is 0 Å². The maximum Gasteiger partial charge on any atom is 0.146 e. The van der Waals surface area contributed by atoms with Gasteiger partial charge in [0.2, 0.25) is 0 Å². The van der Waals surface area contributed by atoms with Crippen molar-refractivity contribution in [2.75, 3.05) is 0 Å². The molecule has 0 unspecified atom stereocenters. The highest BCUT2D eigenvalue weighted by Crippen LogP contribution is 2.38. The molecule has 0 spiro atoms. The first kappa shape index (κ1) is 23.3. The summed E-state index contributed by atoms with van der Waals surface area (Å²) < 4.78 is 15.2. The van der Waals surface area contributed by atoms with Crippen molar-refractivity contribution in [3.8, 4) is 11.8 Å². The number of aryl methyl sites for hydroxylation is 1. The Morgan fingerprint density at radius 2 is 1.76 bits per heavy atom. The average Bonchev–Trinajstić information content (AvgIpc) is 2.86. The van der Waals surface area contributed by atoms with Crippen LogP contribution in [0, 0.1) is 23.6 Å². The SMILES string of the molecule is C=CCCC1CCC(c2ccc3c(F)c(C#Cc4ccc(CCCC)cc4)ccc3c2)CC1. The molecular formula is C32H35F. The number of allylic oxidation sites excluding steroid dienone is 1. The third-order valence-electron chi connectivity index (χ3n) is 7.19. The van der Waals surface area contributed by atoms with E-state index in [0.717, 1.165) is 29.7 Å². The van der Waals surface area contributed by atoms with Crippen molar-refractivity contribution in [1.29, 1.82) is 0 Å². The van der Waals surface area contributed by atoms with E-state index in [1.165, 1.54) is 56.1 Å². The van der Waals surface area contributed by atoms with Crippen LogP contribution >= 0.6 is 0 Å². The number of rotatable bonds is 7. The van der Waals surface area contributed by atoms with Crippen molar-refractivity contribution >= 4 is 10.8 Å². The third-order valence-corrected chi connectivity index (χ3v) is 7.19. The van der Waals surface area contributed by atoms with Crippen LogP contribution in [0.1, 0.15) is 86.5 Å². The van der Waals surface area contributed by atoms with Gasteiger partial charge in [0.05, 0.1) is 5.56 Å². The monoisotopic (exact) mass is 438 g/mol. The van der Waals surface area contributed by atoms with Crippen LogP contribution in [0.4, 0.5) is 4.39 Å². The normalized spacial score (nSPS) is 18.0. The van der Waals surface area contributed by atoms with Gasteiger partial charge < -0.3 is 0 Å². The van der Waals surface area contributed by atoms with Gasteiger partial charge in [-0.1, -0.05) is 67.7 Å². The number of hydrogen-bond acceptors (Lipinski definition) is 0. The van der Waals surface area contributed by atoms with Crippen LogP contribution in [0.15, 0.2) is 67.3 Å². The second kappa shape index (κ2) is 11.3. The number of unbranched alkanes of at least 4 members (excludes halogenated alkanes) is 1. The largest absolute Gasteiger partial charge is 0.205 e. The summed E-state index contributed by atoms with van der Waals surface area (Å²) in [5.41, 5.74) is 4.08. The Balaban J connectivity index is 1.47. The lowest BCUT2D eigenvalue weighted by molar-refractivity contribution is 0.312. The van der Waals surface area contributed by atoms with Gasteiger partial charge in [0.1, 0.15) is 5.82 Å². The molecule has 1 saturated carbocycles. The molecule has 33 heavy (non-hydrogen) atoms. The maximum absolute atomic E-state index is 15.2. The summed E-state index contributed by atoms with van der Waals surface area (Å²) >= 11 is 0. The Bertz CT molecular complexity index is 1130. The van der Waals surface area contributed by atoms with Gasteiger partial charge in [0.15, 0.2) is 0 Å². The van der Waals surface area contributed by atoms with Gasteiger partial charge in [-0.15, -0.1) is 6.58 Å². The zero-order valence-corrected chi connectivity index (χ0v) is 19.9. The van der Waals surface area contributed by atoms with E-state index < -0.39 is 0 Å². The summed E-state index contributed by atoms with van der Waals surface area (Å²) in [7, 11) is 0. The van der Waals surface area contributed by atoms with Crippen LogP contribution in [0.2, 0.25) is 0 Å². The molecule has 1 fully saturated rings. The van der Waals surface area contributed by atoms with Crippen LogP contribution in [0.3, 0.4) is 0 Å². The Labute approximate surface area is 198 Å². The Kier molecular flexibility index (Phi) is 8.01. The molecule has 3 aromatic rings. The minimum Gasteiger partial charge on any atom is -0.205 e. The molecule has 1 aliphatic rings. The number of fused-ring (bicyclic) bond motifs is 1. The van der Waals surface area contributed by atoms with Crippen molar-refractivity contribution in [2.45, 2.75) is 70.6 Å². The fourth-order valence-electron chi connectivity index (χ4n) is 5.07. The minimum atomic E-state index is -0.209. The van der Waals surface area contributed by atoms with E-state index in [0.29, 0.717) is 16.9 Å². The van der Waals surface area contributed by atoms with E-state index in [1.807, 2.05) is 36.4 Å². The molecular weight excluding hydrogens is 403 g/mol. The highest BCUT2D eigenvalue weighted by atomic mass is 19.1. The molecule has 0 nitrogen and oxygen atoms in total. The van der Waals surface area contributed by atoms with Gasteiger partial charge in [-0.05, 0) is 97.9 Å². The minimum absolute atomic E-state index is 0.209. The van der Waals surface area contributed by atoms with Crippen molar-refractivity contribution in [1.82, 2.24) is 0 Å². The second-order valence-corrected chi connectivity index (χ2v) is 9.54. The van der Waals surface area contributed by atoms with Gasteiger partial charge in [-0.2, -0.15) is 0 Å². The van der Waals surface area contributed by atoms with E-state index >= 15 is 4.39 Å². The first-order valence-corrected chi connectivity index (χ1v) is 12.6. The van der Waals surface area contributed by atoms with E-state index in [4.69, 9.17) is 0 Å². The molecule has 0 N–H and O–H groups in total. The van der Waals surface area contributed by atoms with E-state index in [-0.39, 0.29) is 5.82 Å². The molecule has 0 heterocycles. The fraction of sp³-hybridized carbons (Fsp3) is 0.375. The molecule has 170 valence electrons. The van der Waals surface area contributed by atoms with Crippen LogP contribution in [0.25, 0.3) is 10.8 Å². The fourth-order valence-corrected chi connectivity index (χ4v) is 5.07. The molecule has 0 radical (unpaired) electrons. The van der Waals surface area contributed by atoms with Gasteiger partial charge in [-0.25, -0.2) is 4.39 Å². The first-order valence-electron chi connectivity index (χ1n) is 12.6. The smallest absolute Gasteiger partial charge is 0.146 e. The molecule has 0 aromatic heterocycles. The topological polar surface area (TPSA) is 0 Å². The maximum atomic E-state index is 15.2. The first-order chi connectivity index (χ1) is 16.2. The highest BCUT2D eigenvalue weighted by molar-refractivity contribution is 5.85. The zero-order valence-electron chi connectivity index (χ0n) is 19.9. The Hall–Kier alpha value is -2.85. The lowest BCUT2D eigenvalue weighted by Gasteiger charge is -2.28. The van der Waals surface area contributed by atoms with Gasteiger partial charge in [0, 0.05) is 10.9 Å². The van der Waals surface area contributed by atoms with Gasteiger partial charge in [0.25, 0.3) is 0 Å². The molecule has 4 rings (SSSR count). The van der Waals surface area contributed by atoms with Crippen LogP contribution < -0.4 is 0 Å². The summed E-state index contributed by atoms with van der Waals surface area (Å²) in [6, 6.07) is 18.5. The van der Waals surface area contributed by atoms with Crippen LogP contribution in [0.5, 0.6) is 0 Å². The van der Waals surface area contributed by atoms with E-state index in [1.54, 1.807) is 0 Å². The second-order valence-electron chi connectivity index (χ2n) is 9.54. The molecule has 0 aliphatic heterocycles. The quantitative estimate of drug-likeness (QED) is 0.255. The van der Waals surface area contributed by atoms with Crippen LogP contribution in [-0.2, 0) is 6.42 Å². The third kappa shape index (κ3) is 5.94. The molecule has 3 aromatic carbocycles. The zero-order chi connectivity index (χ0) is 23.0. The van der Waals surface area contributed by atoms with Crippen LogP contribution in [-0.4, -0.2) is 0 Å². The summed E-state index contributed by atoms with van der Waals surface area (Å²) in [5.74, 6) is 7.41. The van der Waals surface area contributed by atoms with E-state index in [2.05, 4.69) is 49.6 Å². The predicted octanol–water partition coefficient (Wildman–Crippen LogP) is 8.96.